The molecule has 2 saturated carbocycles. The van der Waals surface area contributed by atoms with Crippen molar-refractivity contribution in [2.45, 2.75) is 44.1 Å². The van der Waals surface area contributed by atoms with Gasteiger partial charge in [-0.15, -0.1) is 0 Å². The zero-order chi connectivity index (χ0) is 12.6. The van der Waals surface area contributed by atoms with Crippen molar-refractivity contribution in [3.05, 3.63) is 0 Å². The first-order valence-electron chi connectivity index (χ1n) is 7.24. The van der Waals surface area contributed by atoms with E-state index in [1.54, 1.807) is 0 Å². The lowest BCUT2D eigenvalue weighted by Gasteiger charge is -2.32. The molecule has 0 radical (unpaired) electrons. The molecule has 0 aromatic carbocycles. The highest BCUT2D eigenvalue weighted by Crippen LogP contribution is 2.54. The summed E-state index contributed by atoms with van der Waals surface area (Å²) >= 11 is 0. The van der Waals surface area contributed by atoms with Crippen LogP contribution in [0.2, 0.25) is 0 Å². The largest absolute Gasteiger partial charge is 0.387 e. The maximum absolute atomic E-state index is 11.9. The minimum absolute atomic E-state index is 0.197. The first-order valence-corrected chi connectivity index (χ1v) is 7.24. The summed E-state index contributed by atoms with van der Waals surface area (Å²) in [5.41, 5.74) is -0.719. The van der Waals surface area contributed by atoms with Crippen LogP contribution in [0.5, 0.6) is 0 Å². The fourth-order valence-corrected chi connectivity index (χ4v) is 3.53. The van der Waals surface area contributed by atoms with Crippen LogP contribution in [0, 0.1) is 17.8 Å². The van der Waals surface area contributed by atoms with E-state index in [9.17, 15) is 9.90 Å². The molecule has 102 valence electrons. The molecule has 4 heteroatoms. The molecule has 2 N–H and O–H groups in total. The van der Waals surface area contributed by atoms with Crippen molar-refractivity contribution in [1.29, 1.82) is 0 Å². The lowest BCUT2D eigenvalue weighted by Crippen LogP contribution is -2.42. The van der Waals surface area contributed by atoms with Gasteiger partial charge < -0.3 is 15.2 Å². The number of rotatable bonds is 4. The lowest BCUT2D eigenvalue weighted by atomic mass is 9.93. The fraction of sp³-hybridized carbons (Fsp3) is 0.929. The van der Waals surface area contributed by atoms with Crippen molar-refractivity contribution >= 4 is 5.91 Å². The van der Waals surface area contributed by atoms with E-state index in [0.29, 0.717) is 19.6 Å². The molecule has 4 atom stereocenters. The number of hydrogen-bond donors (Lipinski definition) is 2. The Morgan fingerprint density at radius 3 is 2.78 bits per heavy atom. The maximum atomic E-state index is 11.9. The van der Waals surface area contributed by atoms with Crippen LogP contribution < -0.4 is 5.32 Å². The van der Waals surface area contributed by atoms with Gasteiger partial charge in [-0.3, -0.25) is 4.79 Å². The van der Waals surface area contributed by atoms with Gasteiger partial charge in [0, 0.05) is 19.1 Å². The highest BCUT2D eigenvalue weighted by molar-refractivity contribution is 5.79. The van der Waals surface area contributed by atoms with Gasteiger partial charge in [-0.25, -0.2) is 0 Å². The number of nitrogens with one attached hydrogen (secondary N) is 1. The minimum Gasteiger partial charge on any atom is -0.387 e. The third-order valence-electron chi connectivity index (χ3n) is 4.81. The standard InChI is InChI=1S/C14H23NO3/c16-13(12-7-10-6-11(10)8-12)15-4-3-14(17)2-1-5-18-9-14/h10-12,17H,1-9H2,(H,15,16)/t10-,11+,12?,14?. The normalized spacial score (nSPS) is 42.4. The molecule has 4 nitrogen and oxygen atoms in total. The monoisotopic (exact) mass is 253 g/mol. The third-order valence-corrected chi connectivity index (χ3v) is 4.81. The van der Waals surface area contributed by atoms with Gasteiger partial charge in [0.15, 0.2) is 0 Å². The van der Waals surface area contributed by atoms with Crippen LogP contribution in [-0.2, 0) is 9.53 Å². The van der Waals surface area contributed by atoms with Gasteiger partial charge in [0.25, 0.3) is 0 Å². The molecule has 18 heavy (non-hydrogen) atoms. The van der Waals surface area contributed by atoms with Crippen molar-refractivity contribution < 1.29 is 14.6 Å². The van der Waals surface area contributed by atoms with E-state index in [1.807, 2.05) is 0 Å². The number of fused-ring (bicyclic) bond motifs is 1. The summed E-state index contributed by atoms with van der Waals surface area (Å²) in [7, 11) is 0. The van der Waals surface area contributed by atoms with Gasteiger partial charge in [-0.1, -0.05) is 0 Å². The highest BCUT2D eigenvalue weighted by atomic mass is 16.5. The van der Waals surface area contributed by atoms with Crippen molar-refractivity contribution in [3.8, 4) is 0 Å². The van der Waals surface area contributed by atoms with E-state index >= 15 is 0 Å². The summed E-state index contributed by atoms with van der Waals surface area (Å²) in [5.74, 6) is 2.13. The van der Waals surface area contributed by atoms with Gasteiger partial charge in [-0.05, 0) is 50.4 Å². The summed E-state index contributed by atoms with van der Waals surface area (Å²) in [6, 6.07) is 0. The van der Waals surface area contributed by atoms with Crippen molar-refractivity contribution in [2.24, 2.45) is 17.8 Å². The van der Waals surface area contributed by atoms with E-state index in [0.717, 1.165) is 44.1 Å². The molecule has 1 amide bonds. The second-order valence-electron chi connectivity index (χ2n) is 6.35. The van der Waals surface area contributed by atoms with Gasteiger partial charge in [0.2, 0.25) is 5.91 Å². The third kappa shape index (κ3) is 2.69. The second-order valence-corrected chi connectivity index (χ2v) is 6.35. The number of amides is 1. The quantitative estimate of drug-likeness (QED) is 0.788. The first kappa shape index (κ1) is 12.4. The van der Waals surface area contributed by atoms with Gasteiger partial charge in [-0.2, -0.15) is 0 Å². The topological polar surface area (TPSA) is 58.6 Å². The predicted octanol–water partition coefficient (Wildman–Crippen LogP) is 1.08. The van der Waals surface area contributed by atoms with Gasteiger partial charge in [0.1, 0.15) is 0 Å². The van der Waals surface area contributed by atoms with E-state index < -0.39 is 5.60 Å². The van der Waals surface area contributed by atoms with Crippen LogP contribution in [0.3, 0.4) is 0 Å². The average molecular weight is 253 g/mol. The SMILES string of the molecule is O=C(NCCC1(O)CCCOC1)C1C[C@@H]2C[C@@H]2C1. The molecule has 3 aliphatic rings. The van der Waals surface area contributed by atoms with E-state index in [1.165, 1.54) is 6.42 Å². The fourth-order valence-electron chi connectivity index (χ4n) is 3.53. The Morgan fingerprint density at radius 2 is 2.11 bits per heavy atom. The first-order chi connectivity index (χ1) is 8.66. The molecule has 1 saturated heterocycles. The molecule has 0 spiro atoms. The molecular formula is C14H23NO3. The van der Waals surface area contributed by atoms with Crippen LogP contribution in [0.4, 0.5) is 0 Å². The molecule has 2 aliphatic carbocycles. The predicted molar refractivity (Wildman–Crippen MR) is 67.0 cm³/mol. The maximum Gasteiger partial charge on any atom is 0.223 e. The van der Waals surface area contributed by atoms with Crippen LogP contribution in [0.25, 0.3) is 0 Å². The molecule has 0 bridgehead atoms. The molecular weight excluding hydrogens is 230 g/mol. The Hall–Kier alpha value is -0.610. The van der Waals surface area contributed by atoms with Crippen LogP contribution >= 0.6 is 0 Å². The number of carbonyl (C=O) groups excluding carboxylic acids is 1. The summed E-state index contributed by atoms with van der Waals surface area (Å²) < 4.78 is 5.30. The summed E-state index contributed by atoms with van der Waals surface area (Å²) in [6.07, 6.45) is 5.83. The summed E-state index contributed by atoms with van der Waals surface area (Å²) in [5, 5.41) is 13.2. The molecule has 0 aromatic heterocycles. The molecule has 3 rings (SSSR count). The number of aliphatic hydroxyl groups is 1. The number of carbonyl (C=O) groups is 1. The van der Waals surface area contributed by atoms with E-state index in [2.05, 4.69) is 5.32 Å². The molecule has 2 unspecified atom stereocenters. The molecule has 1 heterocycles. The number of hydrogen-bond acceptors (Lipinski definition) is 3. The molecule has 3 fully saturated rings. The van der Waals surface area contributed by atoms with Crippen molar-refractivity contribution in [2.75, 3.05) is 19.8 Å². The number of ether oxygens (including phenoxy) is 1. The molecule has 0 aromatic rings. The zero-order valence-corrected chi connectivity index (χ0v) is 10.9. The van der Waals surface area contributed by atoms with Crippen LogP contribution in [0.15, 0.2) is 0 Å². The summed E-state index contributed by atoms with van der Waals surface area (Å²) in [6.45, 7) is 1.74. The van der Waals surface area contributed by atoms with Crippen molar-refractivity contribution in [1.82, 2.24) is 5.32 Å². The van der Waals surface area contributed by atoms with Crippen molar-refractivity contribution in [3.63, 3.8) is 0 Å². The molecule has 1 aliphatic heterocycles. The Bertz CT molecular complexity index is 315. The Labute approximate surface area is 108 Å². The van der Waals surface area contributed by atoms with Crippen LogP contribution in [-0.4, -0.2) is 36.4 Å². The zero-order valence-electron chi connectivity index (χ0n) is 10.9. The summed E-state index contributed by atoms with van der Waals surface area (Å²) in [4.78, 5) is 11.9. The van der Waals surface area contributed by atoms with Crippen LogP contribution in [0.1, 0.15) is 38.5 Å². The average Bonchev–Trinajstić information content (AvgIpc) is 2.96. The Balaban J connectivity index is 1.37. The lowest BCUT2D eigenvalue weighted by molar-refractivity contribution is -0.126. The Kier molecular flexibility index (Phi) is 3.32. The van der Waals surface area contributed by atoms with Gasteiger partial charge >= 0.3 is 0 Å². The minimum atomic E-state index is -0.719. The smallest absolute Gasteiger partial charge is 0.223 e. The highest BCUT2D eigenvalue weighted by Gasteiger charge is 2.47. The van der Waals surface area contributed by atoms with E-state index in [4.69, 9.17) is 4.74 Å². The van der Waals surface area contributed by atoms with E-state index in [-0.39, 0.29) is 11.8 Å². The van der Waals surface area contributed by atoms with Gasteiger partial charge in [0.05, 0.1) is 12.2 Å². The Morgan fingerprint density at radius 1 is 1.33 bits per heavy atom. The second kappa shape index (κ2) is 4.82.